The lowest BCUT2D eigenvalue weighted by Gasteiger charge is -2.17. The van der Waals surface area contributed by atoms with Crippen LogP contribution in [0.1, 0.15) is 43.7 Å². The summed E-state index contributed by atoms with van der Waals surface area (Å²) in [7, 11) is 1.31. The van der Waals surface area contributed by atoms with Gasteiger partial charge in [-0.3, -0.25) is 0 Å². The summed E-state index contributed by atoms with van der Waals surface area (Å²) in [6, 6.07) is 6.20. The molecule has 0 bridgehead atoms. The zero-order valence-corrected chi connectivity index (χ0v) is 14.4. The predicted octanol–water partition coefficient (Wildman–Crippen LogP) is 2.63. The lowest BCUT2D eigenvalue weighted by molar-refractivity contribution is -0.142. The van der Waals surface area contributed by atoms with Crippen LogP contribution in [0.5, 0.6) is 0 Å². The molecule has 1 aromatic rings. The van der Waals surface area contributed by atoms with E-state index in [0.717, 1.165) is 36.8 Å². The highest BCUT2D eigenvalue weighted by molar-refractivity contribution is 5.83. The van der Waals surface area contributed by atoms with E-state index in [9.17, 15) is 9.59 Å². The maximum Gasteiger partial charge on any atom is 0.328 e. The van der Waals surface area contributed by atoms with E-state index in [1.165, 1.54) is 7.11 Å². The lowest BCUT2D eigenvalue weighted by atomic mass is 10.0. The molecule has 0 heterocycles. The third-order valence-electron chi connectivity index (χ3n) is 3.67. The Balaban J connectivity index is 2.54. The molecule has 1 rings (SSSR count). The Morgan fingerprint density at radius 1 is 1.21 bits per heavy atom. The SMILES string of the molecule is C#Cc1ccc(C[C@H](NC(=O)NCCCCCC)C(=O)OC)cc1. The molecular formula is C19H26N2O3. The van der Waals surface area contributed by atoms with Crippen LogP contribution in [0, 0.1) is 12.3 Å². The van der Waals surface area contributed by atoms with E-state index in [-0.39, 0.29) is 6.03 Å². The number of methoxy groups -OCH3 is 1. The summed E-state index contributed by atoms with van der Waals surface area (Å²) in [5.41, 5.74) is 1.67. The van der Waals surface area contributed by atoms with Crippen LogP contribution in [0.2, 0.25) is 0 Å². The molecule has 130 valence electrons. The molecule has 0 saturated carbocycles. The number of carbonyl (C=O) groups is 2. The highest BCUT2D eigenvalue weighted by Gasteiger charge is 2.21. The zero-order chi connectivity index (χ0) is 17.8. The van der Waals surface area contributed by atoms with Gasteiger partial charge in [0.05, 0.1) is 7.11 Å². The summed E-state index contributed by atoms with van der Waals surface area (Å²) in [5, 5.41) is 5.44. The molecule has 0 aliphatic rings. The zero-order valence-electron chi connectivity index (χ0n) is 14.4. The van der Waals surface area contributed by atoms with Crippen LogP contribution in [-0.4, -0.2) is 31.7 Å². The van der Waals surface area contributed by atoms with E-state index >= 15 is 0 Å². The average molecular weight is 330 g/mol. The van der Waals surface area contributed by atoms with Gasteiger partial charge in [-0.25, -0.2) is 9.59 Å². The van der Waals surface area contributed by atoms with Crippen molar-refractivity contribution in [2.24, 2.45) is 0 Å². The average Bonchev–Trinajstić information content (AvgIpc) is 2.61. The number of rotatable bonds is 9. The van der Waals surface area contributed by atoms with Gasteiger partial charge in [0.25, 0.3) is 0 Å². The smallest absolute Gasteiger partial charge is 0.328 e. The van der Waals surface area contributed by atoms with Crippen molar-refractivity contribution in [1.29, 1.82) is 0 Å². The topological polar surface area (TPSA) is 67.4 Å². The monoisotopic (exact) mass is 330 g/mol. The Hall–Kier alpha value is -2.48. The van der Waals surface area contributed by atoms with Crippen molar-refractivity contribution >= 4 is 12.0 Å². The predicted molar refractivity (Wildman–Crippen MR) is 94.6 cm³/mol. The van der Waals surface area contributed by atoms with E-state index in [2.05, 4.69) is 23.5 Å². The van der Waals surface area contributed by atoms with Gasteiger partial charge < -0.3 is 15.4 Å². The molecule has 1 atom stereocenters. The molecule has 0 saturated heterocycles. The molecule has 0 aliphatic carbocycles. The van der Waals surface area contributed by atoms with Crippen LogP contribution in [0.15, 0.2) is 24.3 Å². The van der Waals surface area contributed by atoms with Gasteiger partial charge in [-0.1, -0.05) is 44.2 Å². The first-order chi connectivity index (χ1) is 11.6. The van der Waals surface area contributed by atoms with Crippen molar-refractivity contribution in [2.45, 2.75) is 45.1 Å². The molecule has 0 unspecified atom stereocenters. The number of carbonyl (C=O) groups excluding carboxylic acids is 2. The van der Waals surface area contributed by atoms with E-state index < -0.39 is 12.0 Å². The summed E-state index contributed by atoms with van der Waals surface area (Å²) in [5.74, 6) is 2.07. The number of benzene rings is 1. The second-order valence-corrected chi connectivity index (χ2v) is 5.58. The third-order valence-corrected chi connectivity index (χ3v) is 3.67. The second-order valence-electron chi connectivity index (χ2n) is 5.58. The first kappa shape index (κ1) is 19.6. The van der Waals surface area contributed by atoms with E-state index in [1.807, 2.05) is 12.1 Å². The van der Waals surface area contributed by atoms with Crippen LogP contribution < -0.4 is 10.6 Å². The van der Waals surface area contributed by atoms with Crippen molar-refractivity contribution < 1.29 is 14.3 Å². The number of urea groups is 1. The molecule has 5 heteroatoms. The van der Waals surface area contributed by atoms with Crippen molar-refractivity contribution in [3.63, 3.8) is 0 Å². The van der Waals surface area contributed by atoms with Gasteiger partial charge in [0, 0.05) is 18.5 Å². The fraction of sp³-hybridized carbons (Fsp3) is 0.474. The summed E-state index contributed by atoms with van der Waals surface area (Å²) in [6.07, 6.45) is 9.99. The van der Waals surface area contributed by atoms with Gasteiger partial charge in [-0.2, -0.15) is 0 Å². The maximum absolute atomic E-state index is 11.9. The Morgan fingerprint density at radius 3 is 2.50 bits per heavy atom. The largest absolute Gasteiger partial charge is 0.467 e. The lowest BCUT2D eigenvalue weighted by Crippen LogP contribution is -2.47. The van der Waals surface area contributed by atoms with Crippen molar-refractivity contribution in [3.05, 3.63) is 35.4 Å². The molecule has 24 heavy (non-hydrogen) atoms. The van der Waals surface area contributed by atoms with Gasteiger partial charge in [-0.15, -0.1) is 6.42 Å². The quantitative estimate of drug-likeness (QED) is 0.415. The molecule has 0 radical (unpaired) electrons. The second kappa shape index (κ2) is 11.1. The summed E-state index contributed by atoms with van der Waals surface area (Å²) >= 11 is 0. The fourth-order valence-electron chi connectivity index (χ4n) is 2.27. The number of esters is 1. The molecule has 5 nitrogen and oxygen atoms in total. The van der Waals surface area contributed by atoms with Gasteiger partial charge in [0.1, 0.15) is 6.04 Å². The van der Waals surface area contributed by atoms with Crippen LogP contribution in [-0.2, 0) is 16.0 Å². The van der Waals surface area contributed by atoms with Crippen molar-refractivity contribution in [3.8, 4) is 12.3 Å². The Bertz CT molecular complexity index is 561. The number of amides is 2. The van der Waals surface area contributed by atoms with E-state index in [0.29, 0.717) is 13.0 Å². The minimum absolute atomic E-state index is 0.348. The van der Waals surface area contributed by atoms with Crippen LogP contribution >= 0.6 is 0 Å². The van der Waals surface area contributed by atoms with Gasteiger partial charge in [0.2, 0.25) is 0 Å². The number of ether oxygens (including phenoxy) is 1. The number of nitrogens with one attached hydrogen (secondary N) is 2. The molecular weight excluding hydrogens is 304 g/mol. The first-order valence-corrected chi connectivity index (χ1v) is 8.28. The number of terminal acetylenes is 1. The molecule has 0 spiro atoms. The van der Waals surface area contributed by atoms with Gasteiger partial charge in [-0.05, 0) is 24.1 Å². The number of hydrogen-bond acceptors (Lipinski definition) is 3. The van der Waals surface area contributed by atoms with E-state index in [1.54, 1.807) is 12.1 Å². The Labute approximate surface area is 144 Å². The van der Waals surface area contributed by atoms with Crippen LogP contribution in [0.25, 0.3) is 0 Å². The number of unbranched alkanes of at least 4 members (excludes halogenated alkanes) is 3. The molecule has 0 aromatic heterocycles. The third kappa shape index (κ3) is 7.19. The van der Waals surface area contributed by atoms with Crippen LogP contribution in [0.4, 0.5) is 4.79 Å². The van der Waals surface area contributed by atoms with Crippen molar-refractivity contribution in [1.82, 2.24) is 10.6 Å². The fourth-order valence-corrected chi connectivity index (χ4v) is 2.27. The van der Waals surface area contributed by atoms with Crippen molar-refractivity contribution in [2.75, 3.05) is 13.7 Å². The Kier molecular flexibility index (Phi) is 9.06. The standard InChI is InChI=1S/C19H26N2O3/c1-4-6-7-8-13-20-19(23)21-17(18(22)24-3)14-16-11-9-15(5-2)10-12-16/h2,9-12,17H,4,6-8,13-14H2,1,3H3,(H2,20,21,23)/t17-/m0/s1. The van der Waals surface area contributed by atoms with Gasteiger partial charge >= 0.3 is 12.0 Å². The molecule has 2 N–H and O–H groups in total. The Morgan fingerprint density at radius 2 is 1.92 bits per heavy atom. The normalized spacial score (nSPS) is 11.2. The molecule has 0 aliphatic heterocycles. The van der Waals surface area contributed by atoms with Gasteiger partial charge in [0.15, 0.2) is 0 Å². The molecule has 0 fully saturated rings. The molecule has 1 aromatic carbocycles. The molecule has 2 amide bonds. The first-order valence-electron chi connectivity index (χ1n) is 8.28. The number of hydrogen-bond donors (Lipinski definition) is 2. The highest BCUT2D eigenvalue weighted by Crippen LogP contribution is 2.07. The summed E-state index contributed by atoms with van der Waals surface area (Å²) in [6.45, 7) is 2.73. The minimum atomic E-state index is -0.734. The maximum atomic E-state index is 11.9. The van der Waals surface area contributed by atoms with E-state index in [4.69, 9.17) is 11.2 Å². The minimum Gasteiger partial charge on any atom is -0.467 e. The summed E-state index contributed by atoms with van der Waals surface area (Å²) in [4.78, 5) is 23.8. The summed E-state index contributed by atoms with van der Waals surface area (Å²) < 4.78 is 4.77. The highest BCUT2D eigenvalue weighted by atomic mass is 16.5. The van der Waals surface area contributed by atoms with Crippen LogP contribution in [0.3, 0.4) is 0 Å².